The zero-order valence-corrected chi connectivity index (χ0v) is 9.00. The molecular formula is C11H13N3O2. The van der Waals surface area contributed by atoms with Gasteiger partial charge in [-0.3, -0.25) is 4.98 Å². The number of anilines is 1. The summed E-state index contributed by atoms with van der Waals surface area (Å²) >= 11 is 0. The van der Waals surface area contributed by atoms with Crippen LogP contribution in [0, 0.1) is 0 Å². The highest BCUT2D eigenvalue weighted by atomic mass is 16.4. The third kappa shape index (κ3) is 2.38. The van der Waals surface area contributed by atoms with Crippen LogP contribution in [-0.4, -0.2) is 22.1 Å². The van der Waals surface area contributed by atoms with E-state index in [1.807, 2.05) is 24.1 Å². The van der Waals surface area contributed by atoms with Crippen LogP contribution in [0.2, 0.25) is 0 Å². The fraction of sp³-hybridized carbons (Fsp3) is 0.273. The predicted molar refractivity (Wildman–Crippen MR) is 58.8 cm³/mol. The van der Waals surface area contributed by atoms with Gasteiger partial charge in [-0.1, -0.05) is 0 Å². The van der Waals surface area contributed by atoms with E-state index < -0.39 is 0 Å². The second-order valence-corrected chi connectivity index (χ2v) is 3.49. The highest BCUT2D eigenvalue weighted by molar-refractivity contribution is 5.28. The molecule has 0 spiro atoms. The number of nitrogens with zero attached hydrogens (tertiary/aromatic N) is 3. The largest absolute Gasteiger partial charge is 0.432 e. The molecule has 2 heterocycles. The van der Waals surface area contributed by atoms with E-state index in [1.54, 1.807) is 12.4 Å². The number of oxazole rings is 1. The van der Waals surface area contributed by atoms with E-state index in [-0.39, 0.29) is 6.61 Å². The Bertz CT molecular complexity index is 442. The second-order valence-electron chi connectivity index (χ2n) is 3.49. The van der Waals surface area contributed by atoms with E-state index in [1.165, 1.54) is 6.26 Å². The van der Waals surface area contributed by atoms with Crippen LogP contribution in [0.1, 0.15) is 11.3 Å². The summed E-state index contributed by atoms with van der Waals surface area (Å²) in [5.41, 5.74) is 1.66. The summed E-state index contributed by atoms with van der Waals surface area (Å²) in [5, 5.41) is 8.87. The van der Waals surface area contributed by atoms with Crippen LogP contribution in [0.25, 0.3) is 0 Å². The van der Waals surface area contributed by atoms with Crippen molar-refractivity contribution >= 4 is 6.01 Å². The topological polar surface area (TPSA) is 62.4 Å². The van der Waals surface area contributed by atoms with Crippen molar-refractivity contribution in [2.24, 2.45) is 0 Å². The van der Waals surface area contributed by atoms with Gasteiger partial charge >= 0.3 is 0 Å². The van der Waals surface area contributed by atoms with Gasteiger partial charge in [-0.2, -0.15) is 4.98 Å². The standard InChI is InChI=1S/C11H13N3O2/c1-14(6-9-2-4-12-5-3-9)11-13-10(7-15)8-16-11/h2-5,8,15H,6-7H2,1H3. The van der Waals surface area contributed by atoms with E-state index in [9.17, 15) is 0 Å². The first-order chi connectivity index (χ1) is 7.79. The highest BCUT2D eigenvalue weighted by Crippen LogP contribution is 2.14. The van der Waals surface area contributed by atoms with Gasteiger partial charge in [0.2, 0.25) is 0 Å². The summed E-state index contributed by atoms with van der Waals surface area (Å²) in [7, 11) is 1.88. The van der Waals surface area contributed by atoms with Crippen molar-refractivity contribution in [1.29, 1.82) is 0 Å². The van der Waals surface area contributed by atoms with E-state index in [0.717, 1.165) is 5.56 Å². The lowest BCUT2D eigenvalue weighted by Gasteiger charge is -2.13. The van der Waals surface area contributed by atoms with E-state index >= 15 is 0 Å². The molecule has 84 valence electrons. The van der Waals surface area contributed by atoms with Crippen LogP contribution < -0.4 is 4.90 Å². The smallest absolute Gasteiger partial charge is 0.297 e. The van der Waals surface area contributed by atoms with Gasteiger partial charge in [-0.05, 0) is 17.7 Å². The molecule has 2 rings (SSSR count). The van der Waals surface area contributed by atoms with Crippen molar-refractivity contribution in [2.45, 2.75) is 13.2 Å². The fourth-order valence-corrected chi connectivity index (χ4v) is 1.37. The molecule has 2 aromatic heterocycles. The Balaban J connectivity index is 2.05. The van der Waals surface area contributed by atoms with Crippen molar-refractivity contribution < 1.29 is 9.52 Å². The maximum absolute atomic E-state index is 8.87. The van der Waals surface area contributed by atoms with Crippen LogP contribution >= 0.6 is 0 Å². The number of hydrogen-bond acceptors (Lipinski definition) is 5. The Morgan fingerprint density at radius 1 is 1.38 bits per heavy atom. The summed E-state index contributed by atoms with van der Waals surface area (Å²) in [6.45, 7) is 0.584. The van der Waals surface area contributed by atoms with Crippen LogP contribution in [0.3, 0.4) is 0 Å². The summed E-state index contributed by atoms with van der Waals surface area (Å²) in [4.78, 5) is 9.94. The lowest BCUT2D eigenvalue weighted by atomic mass is 10.2. The van der Waals surface area contributed by atoms with Crippen molar-refractivity contribution in [3.05, 3.63) is 42.0 Å². The molecular weight excluding hydrogens is 206 g/mol. The molecule has 0 bridgehead atoms. The average molecular weight is 219 g/mol. The van der Waals surface area contributed by atoms with Gasteiger partial charge in [0, 0.05) is 26.0 Å². The van der Waals surface area contributed by atoms with Crippen molar-refractivity contribution in [1.82, 2.24) is 9.97 Å². The van der Waals surface area contributed by atoms with E-state index in [0.29, 0.717) is 18.3 Å². The quantitative estimate of drug-likeness (QED) is 0.837. The van der Waals surface area contributed by atoms with Crippen LogP contribution in [0.5, 0.6) is 0 Å². The minimum absolute atomic E-state index is 0.105. The molecule has 0 aliphatic rings. The molecule has 5 nitrogen and oxygen atoms in total. The Hall–Kier alpha value is -1.88. The van der Waals surface area contributed by atoms with Crippen molar-refractivity contribution in [2.75, 3.05) is 11.9 Å². The number of aliphatic hydroxyl groups is 1. The number of aliphatic hydroxyl groups excluding tert-OH is 1. The zero-order valence-electron chi connectivity index (χ0n) is 9.00. The molecule has 0 aliphatic carbocycles. The van der Waals surface area contributed by atoms with Gasteiger partial charge in [-0.25, -0.2) is 0 Å². The summed E-state index contributed by atoms with van der Waals surface area (Å²) in [5.74, 6) is 0. The molecule has 1 N–H and O–H groups in total. The molecule has 2 aromatic rings. The molecule has 0 atom stereocenters. The first kappa shape index (κ1) is 10.6. The molecule has 0 radical (unpaired) electrons. The minimum Gasteiger partial charge on any atom is -0.432 e. The summed E-state index contributed by atoms with van der Waals surface area (Å²) < 4.78 is 5.23. The molecule has 5 heteroatoms. The molecule has 0 saturated carbocycles. The maximum atomic E-state index is 8.87. The average Bonchev–Trinajstić information content (AvgIpc) is 2.79. The summed E-state index contributed by atoms with van der Waals surface area (Å²) in [6.07, 6.45) is 4.95. The van der Waals surface area contributed by atoms with Crippen molar-refractivity contribution in [3.63, 3.8) is 0 Å². The SMILES string of the molecule is CN(Cc1ccncc1)c1nc(CO)co1. The zero-order chi connectivity index (χ0) is 11.4. The fourth-order valence-electron chi connectivity index (χ4n) is 1.37. The van der Waals surface area contributed by atoms with Gasteiger partial charge in [0.1, 0.15) is 12.0 Å². The van der Waals surface area contributed by atoms with Crippen LogP contribution in [0.4, 0.5) is 6.01 Å². The third-order valence-corrected chi connectivity index (χ3v) is 2.20. The number of aromatic nitrogens is 2. The van der Waals surface area contributed by atoms with E-state index in [4.69, 9.17) is 9.52 Å². The normalized spacial score (nSPS) is 10.4. The molecule has 0 aromatic carbocycles. The molecule has 0 amide bonds. The molecule has 0 unspecified atom stereocenters. The van der Waals surface area contributed by atoms with Crippen LogP contribution in [-0.2, 0) is 13.2 Å². The number of rotatable bonds is 4. The number of hydrogen-bond donors (Lipinski definition) is 1. The Morgan fingerprint density at radius 3 is 2.75 bits per heavy atom. The van der Waals surface area contributed by atoms with Crippen LogP contribution in [0.15, 0.2) is 35.2 Å². The van der Waals surface area contributed by atoms with E-state index in [2.05, 4.69) is 9.97 Å². The Kier molecular flexibility index (Phi) is 3.16. The van der Waals surface area contributed by atoms with Gasteiger partial charge in [0.15, 0.2) is 0 Å². The monoisotopic (exact) mass is 219 g/mol. The molecule has 16 heavy (non-hydrogen) atoms. The highest BCUT2D eigenvalue weighted by Gasteiger charge is 2.08. The molecule has 0 aliphatic heterocycles. The van der Waals surface area contributed by atoms with Gasteiger partial charge in [0.05, 0.1) is 6.61 Å². The Labute approximate surface area is 93.4 Å². The third-order valence-electron chi connectivity index (χ3n) is 2.20. The first-order valence-corrected chi connectivity index (χ1v) is 4.95. The lowest BCUT2D eigenvalue weighted by Crippen LogP contribution is -2.16. The Morgan fingerprint density at radius 2 is 2.12 bits per heavy atom. The molecule has 0 fully saturated rings. The minimum atomic E-state index is -0.105. The van der Waals surface area contributed by atoms with Gasteiger partial charge < -0.3 is 14.4 Å². The van der Waals surface area contributed by atoms with Crippen molar-refractivity contribution in [3.8, 4) is 0 Å². The first-order valence-electron chi connectivity index (χ1n) is 4.95. The lowest BCUT2D eigenvalue weighted by molar-refractivity contribution is 0.276. The predicted octanol–water partition coefficient (Wildman–Crippen LogP) is 1.20. The van der Waals surface area contributed by atoms with Gasteiger partial charge in [0.25, 0.3) is 6.01 Å². The molecule has 0 saturated heterocycles. The van der Waals surface area contributed by atoms with Gasteiger partial charge in [-0.15, -0.1) is 0 Å². The summed E-state index contributed by atoms with van der Waals surface area (Å²) in [6, 6.07) is 4.37. The maximum Gasteiger partial charge on any atom is 0.297 e. The number of pyridine rings is 1. The second kappa shape index (κ2) is 4.76.